The van der Waals surface area contributed by atoms with Gasteiger partial charge in [0.15, 0.2) is 6.29 Å². The SMILES string of the molecule is Fc1cc2cc(-c3c(F)cc4cc(CCC5OCCCO5)ccc4c3F)ccc2c(F)c1C#CC(F)(F)F. The Morgan fingerprint density at radius 2 is 1.45 bits per heavy atom. The molecule has 196 valence electrons. The molecule has 2 nitrogen and oxygen atoms in total. The average molecular weight is 532 g/mol. The maximum absolute atomic E-state index is 15.5. The highest BCUT2D eigenvalue weighted by molar-refractivity contribution is 5.93. The van der Waals surface area contributed by atoms with Gasteiger partial charge in [0.2, 0.25) is 0 Å². The molecule has 0 aromatic heterocycles. The van der Waals surface area contributed by atoms with E-state index < -0.39 is 40.6 Å². The Kier molecular flexibility index (Phi) is 7.03. The van der Waals surface area contributed by atoms with Gasteiger partial charge < -0.3 is 9.47 Å². The summed E-state index contributed by atoms with van der Waals surface area (Å²) in [5.41, 5.74) is -0.568. The van der Waals surface area contributed by atoms with Gasteiger partial charge in [0, 0.05) is 23.1 Å². The minimum atomic E-state index is -4.93. The maximum atomic E-state index is 15.5. The molecule has 1 fully saturated rings. The average Bonchev–Trinajstić information content (AvgIpc) is 2.87. The highest BCUT2D eigenvalue weighted by Crippen LogP contribution is 2.35. The van der Waals surface area contributed by atoms with Crippen molar-refractivity contribution in [1.82, 2.24) is 0 Å². The van der Waals surface area contributed by atoms with Crippen LogP contribution in [0.2, 0.25) is 0 Å². The Labute approximate surface area is 213 Å². The molecule has 5 rings (SSSR count). The molecule has 1 aliphatic heterocycles. The first kappa shape index (κ1) is 26.0. The van der Waals surface area contributed by atoms with Gasteiger partial charge in [-0.25, -0.2) is 17.6 Å². The van der Waals surface area contributed by atoms with Crippen LogP contribution in [0.5, 0.6) is 0 Å². The Morgan fingerprint density at radius 1 is 0.789 bits per heavy atom. The molecule has 0 aliphatic carbocycles. The minimum absolute atomic E-state index is 0.0120. The number of aryl methyl sites for hydroxylation is 1. The fourth-order valence-electron chi connectivity index (χ4n) is 4.52. The lowest BCUT2D eigenvalue weighted by Crippen LogP contribution is -2.25. The second-order valence-electron chi connectivity index (χ2n) is 8.90. The largest absolute Gasteiger partial charge is 0.458 e. The van der Waals surface area contributed by atoms with Crippen molar-refractivity contribution in [3.8, 4) is 23.0 Å². The summed E-state index contributed by atoms with van der Waals surface area (Å²) in [4.78, 5) is 0. The Hall–Kier alpha value is -3.61. The molecule has 0 saturated carbocycles. The van der Waals surface area contributed by atoms with Gasteiger partial charge in [-0.2, -0.15) is 13.2 Å². The molecule has 0 amide bonds. The zero-order valence-corrected chi connectivity index (χ0v) is 19.7. The second-order valence-corrected chi connectivity index (χ2v) is 8.90. The van der Waals surface area contributed by atoms with E-state index in [-0.39, 0.29) is 28.0 Å². The third kappa shape index (κ3) is 5.33. The lowest BCUT2D eigenvalue weighted by molar-refractivity contribution is -0.180. The van der Waals surface area contributed by atoms with Crippen LogP contribution in [-0.4, -0.2) is 25.7 Å². The van der Waals surface area contributed by atoms with Crippen molar-refractivity contribution in [2.45, 2.75) is 31.7 Å². The van der Waals surface area contributed by atoms with Crippen LogP contribution in [0.4, 0.5) is 30.7 Å². The quantitative estimate of drug-likeness (QED) is 0.197. The lowest BCUT2D eigenvalue weighted by Gasteiger charge is -2.23. The van der Waals surface area contributed by atoms with Gasteiger partial charge >= 0.3 is 6.18 Å². The fraction of sp³-hybridized carbons (Fsp3) is 0.241. The highest BCUT2D eigenvalue weighted by Gasteiger charge is 2.24. The van der Waals surface area contributed by atoms with E-state index in [1.807, 2.05) is 0 Å². The van der Waals surface area contributed by atoms with Crippen molar-refractivity contribution in [1.29, 1.82) is 0 Å². The van der Waals surface area contributed by atoms with Gasteiger partial charge in [-0.3, -0.25) is 0 Å². The number of halogens is 7. The molecule has 9 heteroatoms. The van der Waals surface area contributed by atoms with Gasteiger partial charge in [-0.1, -0.05) is 36.3 Å². The van der Waals surface area contributed by atoms with Gasteiger partial charge in [-0.05, 0) is 52.9 Å². The van der Waals surface area contributed by atoms with E-state index in [9.17, 15) is 22.0 Å². The van der Waals surface area contributed by atoms with Crippen molar-refractivity contribution in [3.05, 3.63) is 82.9 Å². The summed E-state index contributed by atoms with van der Waals surface area (Å²) >= 11 is 0. The predicted molar refractivity (Wildman–Crippen MR) is 128 cm³/mol. The van der Waals surface area contributed by atoms with Crippen molar-refractivity contribution < 1.29 is 40.2 Å². The number of fused-ring (bicyclic) bond motifs is 2. The molecule has 0 unspecified atom stereocenters. The van der Waals surface area contributed by atoms with E-state index >= 15 is 8.78 Å². The summed E-state index contributed by atoms with van der Waals surface area (Å²) in [6, 6.07) is 10.4. The summed E-state index contributed by atoms with van der Waals surface area (Å²) in [6.45, 7) is 1.26. The van der Waals surface area contributed by atoms with Crippen LogP contribution in [0.15, 0.2) is 48.5 Å². The molecule has 1 heterocycles. The van der Waals surface area contributed by atoms with Gasteiger partial charge in [-0.15, -0.1) is 0 Å². The zero-order chi connectivity index (χ0) is 27.0. The molecule has 1 saturated heterocycles. The summed E-state index contributed by atoms with van der Waals surface area (Å²) in [6.07, 6.45) is -3.22. The van der Waals surface area contributed by atoms with Gasteiger partial charge in [0.05, 0.1) is 24.3 Å². The van der Waals surface area contributed by atoms with Crippen LogP contribution in [0, 0.1) is 35.1 Å². The van der Waals surface area contributed by atoms with Crippen LogP contribution in [0.1, 0.15) is 24.0 Å². The number of hydrogen-bond acceptors (Lipinski definition) is 2. The molecule has 0 radical (unpaired) electrons. The van der Waals surface area contributed by atoms with Crippen LogP contribution in [0.3, 0.4) is 0 Å². The van der Waals surface area contributed by atoms with Crippen molar-refractivity contribution in [2.24, 2.45) is 0 Å². The number of hydrogen-bond donors (Lipinski definition) is 0. The van der Waals surface area contributed by atoms with Crippen LogP contribution >= 0.6 is 0 Å². The molecule has 4 aromatic carbocycles. The standard InChI is InChI=1S/C29H19F7O2/c30-23-14-19-13-17(4-6-20(19)27(32)22(23)8-9-29(34,35)36)26-24(31)15-18-12-16(2-5-21(18)28(26)33)3-7-25-37-10-1-11-38-25/h2,4-6,12-15,25H,1,3,7,10-11H2. The number of benzene rings is 4. The topological polar surface area (TPSA) is 18.5 Å². The summed E-state index contributed by atoms with van der Waals surface area (Å²) in [7, 11) is 0. The summed E-state index contributed by atoms with van der Waals surface area (Å²) in [5, 5.41) is 0.179. The lowest BCUT2D eigenvalue weighted by atomic mass is 9.95. The van der Waals surface area contributed by atoms with E-state index in [0.717, 1.165) is 30.0 Å². The molecule has 4 aromatic rings. The predicted octanol–water partition coefficient (Wildman–Crippen LogP) is 7.83. The molecule has 0 spiro atoms. The third-order valence-corrected chi connectivity index (χ3v) is 6.30. The Bertz CT molecular complexity index is 1590. The molecule has 1 aliphatic rings. The van der Waals surface area contributed by atoms with E-state index in [2.05, 4.69) is 0 Å². The smallest absolute Gasteiger partial charge is 0.353 e. The van der Waals surface area contributed by atoms with Crippen molar-refractivity contribution >= 4 is 21.5 Å². The third-order valence-electron chi connectivity index (χ3n) is 6.30. The zero-order valence-electron chi connectivity index (χ0n) is 19.7. The molecule has 38 heavy (non-hydrogen) atoms. The molecule has 0 atom stereocenters. The monoisotopic (exact) mass is 532 g/mol. The molecule has 0 bridgehead atoms. The second kappa shape index (κ2) is 10.3. The summed E-state index contributed by atoms with van der Waals surface area (Å²) in [5.74, 6) is -2.02. The number of alkyl halides is 3. The first-order chi connectivity index (χ1) is 18.1. The van der Waals surface area contributed by atoms with E-state index in [1.165, 1.54) is 30.2 Å². The normalized spacial score (nSPS) is 14.6. The number of ether oxygens (including phenoxy) is 2. The highest BCUT2D eigenvalue weighted by atomic mass is 19.4. The fourth-order valence-corrected chi connectivity index (χ4v) is 4.52. The maximum Gasteiger partial charge on any atom is 0.458 e. The first-order valence-electron chi connectivity index (χ1n) is 11.8. The summed E-state index contributed by atoms with van der Waals surface area (Å²) < 4.78 is 108. The van der Waals surface area contributed by atoms with Crippen LogP contribution < -0.4 is 0 Å². The molecule has 0 N–H and O–H groups in total. The van der Waals surface area contributed by atoms with Gasteiger partial charge in [0.1, 0.15) is 23.3 Å². The first-order valence-corrected chi connectivity index (χ1v) is 11.8. The van der Waals surface area contributed by atoms with E-state index in [1.54, 1.807) is 12.1 Å². The van der Waals surface area contributed by atoms with E-state index in [0.29, 0.717) is 31.4 Å². The van der Waals surface area contributed by atoms with E-state index in [4.69, 9.17) is 9.47 Å². The number of rotatable bonds is 4. The van der Waals surface area contributed by atoms with Crippen molar-refractivity contribution in [3.63, 3.8) is 0 Å². The minimum Gasteiger partial charge on any atom is -0.353 e. The van der Waals surface area contributed by atoms with Crippen LogP contribution in [-0.2, 0) is 15.9 Å². The Morgan fingerprint density at radius 3 is 2.18 bits per heavy atom. The van der Waals surface area contributed by atoms with Gasteiger partial charge in [0.25, 0.3) is 0 Å². The molecular weight excluding hydrogens is 513 g/mol. The van der Waals surface area contributed by atoms with Crippen molar-refractivity contribution in [2.75, 3.05) is 13.2 Å². The molecular formula is C29H19F7O2. The Balaban J connectivity index is 1.49. The van der Waals surface area contributed by atoms with Crippen LogP contribution in [0.25, 0.3) is 32.7 Å².